The molecule has 3 aromatic rings. The van der Waals surface area contributed by atoms with Gasteiger partial charge in [0.1, 0.15) is 0 Å². The van der Waals surface area contributed by atoms with Crippen LogP contribution in [-0.4, -0.2) is 21.2 Å². The molecule has 140 valence electrons. The molecule has 0 aliphatic rings. The Morgan fingerprint density at radius 2 is 1.63 bits per heavy atom. The van der Waals surface area contributed by atoms with Crippen LogP contribution in [0.1, 0.15) is 44.7 Å². The third-order valence-corrected chi connectivity index (χ3v) is 4.49. The monoisotopic (exact) mass is 361 g/mol. The molecule has 5 nitrogen and oxygen atoms in total. The molecule has 0 aliphatic heterocycles. The number of anilines is 3. The van der Waals surface area contributed by atoms with Crippen molar-refractivity contribution in [3.05, 3.63) is 71.9 Å². The predicted molar refractivity (Wildman–Crippen MR) is 111 cm³/mol. The Hall–Kier alpha value is -2.95. The normalized spacial score (nSPS) is 11.0. The highest BCUT2D eigenvalue weighted by molar-refractivity contribution is 5.55. The lowest BCUT2D eigenvalue weighted by molar-refractivity contribution is 0.668. The second-order valence-corrected chi connectivity index (χ2v) is 7.25. The smallest absolute Gasteiger partial charge is 0.249 e. The number of nitrogens with one attached hydrogen (secondary N) is 1. The predicted octanol–water partition coefficient (Wildman–Crippen LogP) is 5.15. The van der Waals surface area contributed by atoms with Gasteiger partial charge in [0.25, 0.3) is 0 Å². The molecule has 0 saturated carbocycles. The molecule has 0 atom stereocenters. The van der Waals surface area contributed by atoms with Crippen LogP contribution in [0.5, 0.6) is 0 Å². The maximum atomic E-state index is 4.68. The topological polar surface area (TPSA) is 53.9 Å². The molecule has 0 spiro atoms. The first-order valence-electron chi connectivity index (χ1n) is 9.40. The van der Waals surface area contributed by atoms with E-state index in [-0.39, 0.29) is 0 Å². The zero-order valence-electron chi connectivity index (χ0n) is 16.4. The van der Waals surface area contributed by atoms with E-state index < -0.39 is 0 Å². The first-order valence-corrected chi connectivity index (χ1v) is 9.40. The minimum atomic E-state index is 0.292. The van der Waals surface area contributed by atoms with Crippen LogP contribution < -0.4 is 10.2 Å². The van der Waals surface area contributed by atoms with E-state index in [0.717, 1.165) is 18.1 Å². The molecule has 0 unspecified atom stereocenters. The van der Waals surface area contributed by atoms with Crippen molar-refractivity contribution in [1.82, 2.24) is 15.2 Å². The van der Waals surface area contributed by atoms with E-state index in [9.17, 15) is 0 Å². The van der Waals surface area contributed by atoms with Gasteiger partial charge in [-0.1, -0.05) is 56.3 Å². The summed E-state index contributed by atoms with van der Waals surface area (Å²) in [6.07, 6.45) is 1.72. The molecule has 0 aliphatic carbocycles. The first kappa shape index (κ1) is 18.8. The van der Waals surface area contributed by atoms with Gasteiger partial charge in [0.15, 0.2) is 5.82 Å². The van der Waals surface area contributed by atoms with Crippen LogP contribution in [0, 0.1) is 0 Å². The van der Waals surface area contributed by atoms with Gasteiger partial charge in [-0.2, -0.15) is 10.1 Å². The Bertz CT molecular complexity index is 844. The zero-order valence-corrected chi connectivity index (χ0v) is 16.4. The average Bonchev–Trinajstić information content (AvgIpc) is 2.67. The number of benzene rings is 2. The van der Waals surface area contributed by atoms with Crippen LogP contribution in [0.25, 0.3) is 0 Å². The van der Waals surface area contributed by atoms with Gasteiger partial charge in [-0.05, 0) is 43.0 Å². The van der Waals surface area contributed by atoms with Crippen molar-refractivity contribution in [2.75, 3.05) is 10.2 Å². The quantitative estimate of drug-likeness (QED) is 0.630. The van der Waals surface area contributed by atoms with E-state index in [1.807, 2.05) is 6.07 Å². The molecule has 5 heteroatoms. The SMILES string of the molecule is CC(C)c1ccc(Nc2nncc(N(Cc3ccccc3)C(C)C)n2)cc1. The van der Waals surface area contributed by atoms with E-state index in [1.165, 1.54) is 11.1 Å². The summed E-state index contributed by atoms with van der Waals surface area (Å²) in [5.41, 5.74) is 3.50. The highest BCUT2D eigenvalue weighted by Crippen LogP contribution is 2.21. The molecular formula is C22H27N5. The van der Waals surface area contributed by atoms with E-state index in [4.69, 9.17) is 0 Å². The average molecular weight is 361 g/mol. The first-order chi connectivity index (χ1) is 13.0. The second kappa shape index (κ2) is 8.62. The van der Waals surface area contributed by atoms with Crippen LogP contribution in [0.15, 0.2) is 60.8 Å². The minimum Gasteiger partial charge on any atom is -0.348 e. The summed E-state index contributed by atoms with van der Waals surface area (Å²) in [4.78, 5) is 6.90. The fraction of sp³-hybridized carbons (Fsp3) is 0.318. The summed E-state index contributed by atoms with van der Waals surface area (Å²) < 4.78 is 0. The molecule has 1 aromatic heterocycles. The minimum absolute atomic E-state index is 0.292. The lowest BCUT2D eigenvalue weighted by Gasteiger charge is -2.27. The summed E-state index contributed by atoms with van der Waals surface area (Å²) in [5, 5.41) is 11.6. The molecule has 0 amide bonds. The van der Waals surface area contributed by atoms with Crippen molar-refractivity contribution in [2.45, 2.75) is 46.2 Å². The zero-order chi connectivity index (χ0) is 19.2. The standard InChI is InChI=1S/C22H27N5/c1-16(2)19-10-12-20(13-11-19)24-22-25-21(14-23-26-22)27(17(3)4)15-18-8-6-5-7-9-18/h5-14,16-17H,15H2,1-4H3,(H,24,25,26). The van der Waals surface area contributed by atoms with Gasteiger partial charge in [-0.15, -0.1) is 5.10 Å². The van der Waals surface area contributed by atoms with E-state index in [2.05, 4.69) is 102 Å². The molecule has 0 bridgehead atoms. The van der Waals surface area contributed by atoms with Crippen molar-refractivity contribution < 1.29 is 0 Å². The molecule has 1 N–H and O–H groups in total. The highest BCUT2D eigenvalue weighted by atomic mass is 15.3. The van der Waals surface area contributed by atoms with Crippen LogP contribution in [0.2, 0.25) is 0 Å². The number of rotatable bonds is 7. The highest BCUT2D eigenvalue weighted by Gasteiger charge is 2.14. The summed E-state index contributed by atoms with van der Waals surface area (Å²) in [6.45, 7) is 9.46. The van der Waals surface area contributed by atoms with Gasteiger partial charge >= 0.3 is 0 Å². The molecule has 0 radical (unpaired) electrons. The lowest BCUT2D eigenvalue weighted by Crippen LogP contribution is -2.31. The summed E-state index contributed by atoms with van der Waals surface area (Å²) >= 11 is 0. The number of aromatic nitrogens is 3. The summed E-state index contributed by atoms with van der Waals surface area (Å²) in [5.74, 6) is 1.83. The maximum Gasteiger partial charge on any atom is 0.249 e. The van der Waals surface area contributed by atoms with Gasteiger partial charge in [-0.25, -0.2) is 0 Å². The largest absolute Gasteiger partial charge is 0.348 e. The molecule has 2 aromatic carbocycles. The summed E-state index contributed by atoms with van der Waals surface area (Å²) in [7, 11) is 0. The van der Waals surface area contributed by atoms with E-state index in [0.29, 0.717) is 17.9 Å². The fourth-order valence-electron chi connectivity index (χ4n) is 2.87. The van der Waals surface area contributed by atoms with Gasteiger partial charge in [0.05, 0.1) is 6.20 Å². The molecular weight excluding hydrogens is 334 g/mol. The molecule has 3 rings (SSSR count). The molecule has 0 saturated heterocycles. The Balaban J connectivity index is 1.78. The van der Waals surface area contributed by atoms with Gasteiger partial charge in [0.2, 0.25) is 5.95 Å². The Morgan fingerprint density at radius 1 is 0.926 bits per heavy atom. The number of hydrogen-bond acceptors (Lipinski definition) is 5. The van der Waals surface area contributed by atoms with Gasteiger partial charge in [0, 0.05) is 18.3 Å². The van der Waals surface area contributed by atoms with Crippen LogP contribution in [0.3, 0.4) is 0 Å². The Morgan fingerprint density at radius 3 is 2.26 bits per heavy atom. The Kier molecular flexibility index (Phi) is 6.01. The van der Waals surface area contributed by atoms with E-state index in [1.54, 1.807) is 6.20 Å². The molecule has 27 heavy (non-hydrogen) atoms. The van der Waals surface area contributed by atoms with Crippen molar-refractivity contribution in [3.8, 4) is 0 Å². The third-order valence-electron chi connectivity index (χ3n) is 4.49. The van der Waals surface area contributed by atoms with Crippen LogP contribution in [0.4, 0.5) is 17.5 Å². The number of nitrogens with zero attached hydrogens (tertiary/aromatic N) is 4. The van der Waals surface area contributed by atoms with Gasteiger partial charge in [-0.3, -0.25) is 0 Å². The maximum absolute atomic E-state index is 4.68. The van der Waals surface area contributed by atoms with Gasteiger partial charge < -0.3 is 10.2 Å². The fourth-order valence-corrected chi connectivity index (χ4v) is 2.87. The van der Waals surface area contributed by atoms with Crippen molar-refractivity contribution in [2.24, 2.45) is 0 Å². The summed E-state index contributed by atoms with van der Waals surface area (Å²) in [6, 6.07) is 19.0. The third kappa shape index (κ3) is 5.03. The molecule has 0 fully saturated rings. The van der Waals surface area contributed by atoms with E-state index >= 15 is 0 Å². The van der Waals surface area contributed by atoms with Crippen LogP contribution >= 0.6 is 0 Å². The Labute approximate surface area is 161 Å². The van der Waals surface area contributed by atoms with Crippen molar-refractivity contribution in [1.29, 1.82) is 0 Å². The second-order valence-electron chi connectivity index (χ2n) is 7.25. The number of hydrogen-bond donors (Lipinski definition) is 1. The van der Waals surface area contributed by atoms with Crippen LogP contribution in [-0.2, 0) is 6.54 Å². The van der Waals surface area contributed by atoms with Crippen molar-refractivity contribution >= 4 is 17.5 Å². The lowest BCUT2D eigenvalue weighted by atomic mass is 10.0. The molecule has 1 heterocycles. The van der Waals surface area contributed by atoms with Crippen molar-refractivity contribution in [3.63, 3.8) is 0 Å².